The molecular formula is C14H22N4S. The third kappa shape index (κ3) is 3.42. The molecule has 4 nitrogen and oxygen atoms in total. The minimum Gasteiger partial charge on any atom is -0.309 e. The zero-order valence-corrected chi connectivity index (χ0v) is 12.7. The smallest absolute Gasteiger partial charge is 0.141 e. The Morgan fingerprint density at radius 3 is 2.95 bits per heavy atom. The monoisotopic (exact) mass is 278 g/mol. The second-order valence-electron chi connectivity index (χ2n) is 4.68. The van der Waals surface area contributed by atoms with Crippen LogP contribution in [0, 0.1) is 0 Å². The van der Waals surface area contributed by atoms with Crippen molar-refractivity contribution in [1.82, 2.24) is 20.1 Å². The predicted octanol–water partition coefficient (Wildman–Crippen LogP) is 3.48. The van der Waals surface area contributed by atoms with Gasteiger partial charge in [-0.2, -0.15) is 5.10 Å². The van der Waals surface area contributed by atoms with Crippen LogP contribution in [0.15, 0.2) is 18.5 Å². The summed E-state index contributed by atoms with van der Waals surface area (Å²) in [7, 11) is 0. The first-order chi connectivity index (χ1) is 9.26. The van der Waals surface area contributed by atoms with E-state index in [1.54, 1.807) is 11.3 Å². The molecule has 19 heavy (non-hydrogen) atoms. The second kappa shape index (κ2) is 6.82. The molecule has 0 aliphatic rings. The summed E-state index contributed by atoms with van der Waals surface area (Å²) in [5.41, 5.74) is 1.13. The fraction of sp³-hybridized carbons (Fsp3) is 0.571. The first-order valence-corrected chi connectivity index (χ1v) is 7.79. The molecule has 1 atom stereocenters. The third-order valence-corrected chi connectivity index (χ3v) is 4.22. The number of rotatable bonds is 7. The van der Waals surface area contributed by atoms with Crippen LogP contribution >= 0.6 is 11.3 Å². The quantitative estimate of drug-likeness (QED) is 0.843. The molecule has 0 amide bonds. The Labute approximate surface area is 118 Å². The van der Waals surface area contributed by atoms with Gasteiger partial charge in [0.05, 0.1) is 5.69 Å². The van der Waals surface area contributed by atoms with Gasteiger partial charge in [0, 0.05) is 29.9 Å². The normalized spacial score (nSPS) is 12.8. The molecule has 0 aromatic carbocycles. The van der Waals surface area contributed by atoms with Gasteiger partial charge in [-0.05, 0) is 32.4 Å². The molecule has 2 aromatic rings. The maximum atomic E-state index is 4.55. The van der Waals surface area contributed by atoms with E-state index in [1.165, 1.54) is 4.88 Å². The molecule has 0 aliphatic heterocycles. The van der Waals surface area contributed by atoms with Crippen molar-refractivity contribution in [3.8, 4) is 10.7 Å². The standard InChI is InChI=1S/C14H22N4S/c1-4-7-15-11(3)13-10-16-14(19-13)12-6-8-17-18(12)9-5-2/h6,8,10-11,15H,4-5,7,9H2,1-3H3. The minimum absolute atomic E-state index is 0.369. The fourth-order valence-corrected chi connectivity index (χ4v) is 2.94. The highest BCUT2D eigenvalue weighted by molar-refractivity contribution is 7.15. The van der Waals surface area contributed by atoms with E-state index in [1.807, 2.05) is 23.1 Å². The number of hydrogen-bond donors (Lipinski definition) is 1. The number of nitrogens with zero attached hydrogens (tertiary/aromatic N) is 3. The Morgan fingerprint density at radius 2 is 2.21 bits per heavy atom. The Bertz CT molecular complexity index is 503. The van der Waals surface area contributed by atoms with Crippen molar-refractivity contribution >= 4 is 11.3 Å². The molecule has 0 bridgehead atoms. The molecular weight excluding hydrogens is 256 g/mol. The highest BCUT2D eigenvalue weighted by Gasteiger charge is 2.13. The maximum Gasteiger partial charge on any atom is 0.141 e. The van der Waals surface area contributed by atoms with Gasteiger partial charge in [-0.1, -0.05) is 13.8 Å². The van der Waals surface area contributed by atoms with E-state index in [-0.39, 0.29) is 0 Å². The molecule has 5 heteroatoms. The van der Waals surface area contributed by atoms with Crippen molar-refractivity contribution in [2.75, 3.05) is 6.54 Å². The average Bonchev–Trinajstić information content (AvgIpc) is 3.04. The van der Waals surface area contributed by atoms with Gasteiger partial charge in [-0.3, -0.25) is 4.68 Å². The SMILES string of the molecule is CCCNC(C)c1cnc(-c2ccnn2CCC)s1. The Morgan fingerprint density at radius 1 is 1.37 bits per heavy atom. The molecule has 0 saturated heterocycles. The predicted molar refractivity (Wildman–Crippen MR) is 80.3 cm³/mol. The van der Waals surface area contributed by atoms with Crippen LogP contribution in [0.3, 0.4) is 0 Å². The lowest BCUT2D eigenvalue weighted by Gasteiger charge is -2.09. The van der Waals surface area contributed by atoms with E-state index >= 15 is 0 Å². The zero-order chi connectivity index (χ0) is 13.7. The first-order valence-electron chi connectivity index (χ1n) is 6.97. The molecule has 104 valence electrons. The summed E-state index contributed by atoms with van der Waals surface area (Å²) in [5.74, 6) is 0. The van der Waals surface area contributed by atoms with E-state index in [9.17, 15) is 0 Å². The molecule has 1 N–H and O–H groups in total. The van der Waals surface area contributed by atoms with Crippen LogP contribution in [0.2, 0.25) is 0 Å². The van der Waals surface area contributed by atoms with Gasteiger partial charge in [-0.15, -0.1) is 11.3 Å². The first kappa shape index (κ1) is 14.2. The van der Waals surface area contributed by atoms with E-state index in [0.29, 0.717) is 6.04 Å². The molecule has 0 fully saturated rings. The fourth-order valence-electron chi connectivity index (χ4n) is 1.97. The van der Waals surface area contributed by atoms with Gasteiger partial charge in [0.2, 0.25) is 0 Å². The lowest BCUT2D eigenvalue weighted by Crippen LogP contribution is -2.18. The Hall–Kier alpha value is -1.20. The highest BCUT2D eigenvalue weighted by atomic mass is 32.1. The van der Waals surface area contributed by atoms with Crippen molar-refractivity contribution in [2.24, 2.45) is 0 Å². The van der Waals surface area contributed by atoms with E-state index in [0.717, 1.165) is 36.6 Å². The van der Waals surface area contributed by atoms with Crippen LogP contribution in [0.25, 0.3) is 10.7 Å². The summed E-state index contributed by atoms with van der Waals surface area (Å²) in [6, 6.07) is 2.41. The molecule has 2 rings (SSSR count). The third-order valence-electron chi connectivity index (χ3n) is 3.02. The van der Waals surface area contributed by atoms with Crippen molar-refractivity contribution in [2.45, 2.75) is 46.2 Å². The minimum atomic E-state index is 0.369. The van der Waals surface area contributed by atoms with Crippen LogP contribution in [0.1, 0.15) is 44.5 Å². The number of aryl methyl sites for hydroxylation is 1. The molecule has 1 unspecified atom stereocenters. The summed E-state index contributed by atoms with van der Waals surface area (Å²) < 4.78 is 2.03. The largest absolute Gasteiger partial charge is 0.309 e. The van der Waals surface area contributed by atoms with Gasteiger partial charge >= 0.3 is 0 Å². The van der Waals surface area contributed by atoms with Crippen LogP contribution in [-0.4, -0.2) is 21.3 Å². The van der Waals surface area contributed by atoms with Crippen LogP contribution < -0.4 is 5.32 Å². The van der Waals surface area contributed by atoms with Gasteiger partial charge in [-0.25, -0.2) is 4.98 Å². The van der Waals surface area contributed by atoms with Gasteiger partial charge in [0.25, 0.3) is 0 Å². The Balaban J connectivity index is 2.13. The summed E-state index contributed by atoms with van der Waals surface area (Å²) in [5, 5.41) is 8.91. The molecule has 0 radical (unpaired) electrons. The Kier molecular flexibility index (Phi) is 5.10. The topological polar surface area (TPSA) is 42.7 Å². The van der Waals surface area contributed by atoms with E-state index in [4.69, 9.17) is 0 Å². The van der Waals surface area contributed by atoms with Crippen molar-refractivity contribution < 1.29 is 0 Å². The maximum absolute atomic E-state index is 4.55. The molecule has 2 heterocycles. The lowest BCUT2D eigenvalue weighted by atomic mass is 10.3. The molecule has 0 saturated carbocycles. The van der Waals surface area contributed by atoms with Crippen molar-refractivity contribution in [1.29, 1.82) is 0 Å². The van der Waals surface area contributed by atoms with Crippen LogP contribution in [-0.2, 0) is 6.54 Å². The van der Waals surface area contributed by atoms with Crippen LogP contribution in [0.5, 0.6) is 0 Å². The van der Waals surface area contributed by atoms with Crippen molar-refractivity contribution in [3.05, 3.63) is 23.3 Å². The van der Waals surface area contributed by atoms with Gasteiger partial charge in [0.15, 0.2) is 0 Å². The molecule has 0 spiro atoms. The number of hydrogen-bond acceptors (Lipinski definition) is 4. The van der Waals surface area contributed by atoms with E-state index < -0.39 is 0 Å². The molecule has 2 aromatic heterocycles. The lowest BCUT2D eigenvalue weighted by molar-refractivity contribution is 0.577. The average molecular weight is 278 g/mol. The van der Waals surface area contributed by atoms with Crippen LogP contribution in [0.4, 0.5) is 0 Å². The summed E-state index contributed by atoms with van der Waals surface area (Å²) in [6.07, 6.45) is 6.07. The summed E-state index contributed by atoms with van der Waals surface area (Å²) in [6.45, 7) is 8.52. The number of thiazole rings is 1. The number of aromatic nitrogens is 3. The highest BCUT2D eigenvalue weighted by Crippen LogP contribution is 2.28. The van der Waals surface area contributed by atoms with Gasteiger partial charge < -0.3 is 5.32 Å². The number of nitrogens with one attached hydrogen (secondary N) is 1. The van der Waals surface area contributed by atoms with Crippen molar-refractivity contribution in [3.63, 3.8) is 0 Å². The summed E-state index contributed by atoms with van der Waals surface area (Å²) >= 11 is 1.75. The second-order valence-corrected chi connectivity index (χ2v) is 5.75. The summed E-state index contributed by atoms with van der Waals surface area (Å²) in [4.78, 5) is 5.83. The van der Waals surface area contributed by atoms with Gasteiger partial charge in [0.1, 0.15) is 5.01 Å². The van der Waals surface area contributed by atoms with E-state index in [2.05, 4.69) is 36.2 Å². The zero-order valence-electron chi connectivity index (χ0n) is 11.9. The molecule has 0 aliphatic carbocycles.